The van der Waals surface area contributed by atoms with E-state index in [-0.39, 0.29) is 12.3 Å². The number of hydrogen-bond donors (Lipinski definition) is 0. The van der Waals surface area contributed by atoms with E-state index in [1.54, 1.807) is 29.4 Å². The molecule has 0 unspecified atom stereocenters. The Morgan fingerprint density at radius 2 is 1.83 bits per heavy atom. The Morgan fingerprint density at radius 3 is 2.56 bits per heavy atom. The SMILES string of the molecule is C[SiH](C)CCOCn1c(-c2cc(-n3ccnc3)nn(COCC[Si](C)(C)C)c2=O)nc2ccccc21. The molecule has 4 aromatic rings. The first-order valence-corrected chi connectivity index (χ1v) is 19.3. The zero-order valence-electron chi connectivity index (χ0n) is 21.8. The molecule has 3 heterocycles. The summed E-state index contributed by atoms with van der Waals surface area (Å²) in [7, 11) is -1.96. The summed E-state index contributed by atoms with van der Waals surface area (Å²) in [5.74, 6) is 1.13. The van der Waals surface area contributed by atoms with Crippen molar-refractivity contribution in [2.45, 2.75) is 58.3 Å². The fourth-order valence-corrected chi connectivity index (χ4v) is 5.11. The van der Waals surface area contributed by atoms with Gasteiger partial charge in [-0.25, -0.2) is 14.6 Å². The fraction of sp³-hybridized carbons (Fsp3) is 0.440. The lowest BCUT2D eigenvalue weighted by atomic mass is 10.2. The van der Waals surface area contributed by atoms with Gasteiger partial charge in [-0.1, -0.05) is 44.9 Å². The Kier molecular flexibility index (Phi) is 8.34. The predicted octanol–water partition coefficient (Wildman–Crippen LogP) is 4.22. The number of rotatable bonds is 12. The predicted molar refractivity (Wildman–Crippen MR) is 148 cm³/mol. The van der Waals surface area contributed by atoms with Crippen molar-refractivity contribution in [3.05, 3.63) is 59.4 Å². The molecule has 9 nitrogen and oxygen atoms in total. The molecule has 0 spiro atoms. The van der Waals surface area contributed by atoms with E-state index in [4.69, 9.17) is 14.5 Å². The highest BCUT2D eigenvalue weighted by Crippen LogP contribution is 2.24. The van der Waals surface area contributed by atoms with Crippen molar-refractivity contribution >= 4 is 27.9 Å². The second-order valence-electron chi connectivity index (χ2n) is 10.6. The van der Waals surface area contributed by atoms with E-state index in [0.29, 0.717) is 37.2 Å². The highest BCUT2D eigenvalue weighted by atomic mass is 28.3. The second-order valence-corrected chi connectivity index (χ2v) is 19.6. The smallest absolute Gasteiger partial charge is 0.280 e. The number of aromatic nitrogens is 6. The Balaban J connectivity index is 1.74. The molecule has 1 aromatic carbocycles. The van der Waals surface area contributed by atoms with Crippen molar-refractivity contribution in [2.24, 2.45) is 0 Å². The molecule has 0 aliphatic carbocycles. The molecular formula is C25H36N6O3Si2. The monoisotopic (exact) mass is 524 g/mol. The Hall–Kier alpha value is -2.87. The van der Waals surface area contributed by atoms with Gasteiger partial charge in [0.1, 0.15) is 25.6 Å². The van der Waals surface area contributed by atoms with Crippen molar-refractivity contribution < 1.29 is 9.47 Å². The molecule has 0 amide bonds. The van der Waals surface area contributed by atoms with Gasteiger partial charge in [-0.15, -0.1) is 5.10 Å². The van der Waals surface area contributed by atoms with E-state index in [2.05, 4.69) is 42.8 Å². The van der Waals surface area contributed by atoms with Crippen molar-refractivity contribution in [1.82, 2.24) is 28.9 Å². The Bertz CT molecular complexity index is 1340. The molecule has 4 rings (SSSR count). The molecule has 0 fully saturated rings. The van der Waals surface area contributed by atoms with Crippen LogP contribution in [0.5, 0.6) is 0 Å². The number of imidazole rings is 2. The van der Waals surface area contributed by atoms with Gasteiger partial charge in [-0.05, 0) is 30.3 Å². The molecule has 3 aromatic heterocycles. The van der Waals surface area contributed by atoms with Crippen LogP contribution in [-0.4, -0.2) is 59.0 Å². The lowest BCUT2D eigenvalue weighted by molar-refractivity contribution is 0.0749. The lowest BCUT2D eigenvalue weighted by Crippen LogP contribution is -2.29. The van der Waals surface area contributed by atoms with Gasteiger partial charge < -0.3 is 9.47 Å². The van der Waals surface area contributed by atoms with Crippen molar-refractivity contribution in [1.29, 1.82) is 0 Å². The molecule has 0 N–H and O–H groups in total. The van der Waals surface area contributed by atoms with E-state index in [1.165, 1.54) is 4.68 Å². The maximum Gasteiger partial charge on any atom is 0.280 e. The topological polar surface area (TPSA) is 89.0 Å². The summed E-state index contributed by atoms with van der Waals surface area (Å²) in [5, 5.41) is 4.56. The van der Waals surface area contributed by atoms with Crippen LogP contribution in [-0.2, 0) is 22.9 Å². The van der Waals surface area contributed by atoms with Gasteiger partial charge in [0.05, 0.1) is 16.6 Å². The highest BCUT2D eigenvalue weighted by Gasteiger charge is 2.20. The van der Waals surface area contributed by atoms with Crippen LogP contribution in [0.25, 0.3) is 28.2 Å². The van der Waals surface area contributed by atoms with Crippen LogP contribution in [0, 0.1) is 0 Å². The van der Waals surface area contributed by atoms with Crippen LogP contribution in [0.15, 0.2) is 53.8 Å². The van der Waals surface area contributed by atoms with E-state index in [1.807, 2.05) is 28.8 Å². The molecule has 0 aliphatic heterocycles. The second kappa shape index (κ2) is 11.5. The first-order valence-electron chi connectivity index (χ1n) is 12.4. The van der Waals surface area contributed by atoms with Gasteiger partial charge in [-0.2, -0.15) is 0 Å². The maximum atomic E-state index is 13.6. The van der Waals surface area contributed by atoms with Crippen LogP contribution in [0.2, 0.25) is 44.8 Å². The van der Waals surface area contributed by atoms with Gasteiger partial charge >= 0.3 is 0 Å². The average molecular weight is 525 g/mol. The van der Waals surface area contributed by atoms with Crippen molar-refractivity contribution in [3.63, 3.8) is 0 Å². The van der Waals surface area contributed by atoms with Crippen LogP contribution < -0.4 is 5.56 Å². The summed E-state index contributed by atoms with van der Waals surface area (Å²) in [5.41, 5.74) is 1.93. The standard InChI is InChI=1S/C25H36N6O3Si2/c1-35(2)14-12-33-18-30-22-9-7-6-8-21(22)27-24(30)20-16-23(29-11-10-26-17-29)28-31(25(20)32)19-34-13-15-36(3,4)5/h6-11,16-17,35H,12-15,18-19H2,1-5H3. The molecule has 11 heteroatoms. The van der Waals surface area contributed by atoms with Crippen LogP contribution in [0.3, 0.4) is 0 Å². The Morgan fingerprint density at radius 1 is 1.06 bits per heavy atom. The van der Waals surface area contributed by atoms with E-state index in [0.717, 1.165) is 23.1 Å². The summed E-state index contributed by atoms with van der Waals surface area (Å²) in [6.07, 6.45) is 5.14. The zero-order valence-corrected chi connectivity index (χ0v) is 24.0. The molecule has 36 heavy (non-hydrogen) atoms. The number of fused-ring (bicyclic) bond motifs is 1. The van der Waals surface area contributed by atoms with Crippen LogP contribution in [0.4, 0.5) is 0 Å². The van der Waals surface area contributed by atoms with Gasteiger partial charge in [-0.3, -0.25) is 13.9 Å². The lowest BCUT2D eigenvalue weighted by Gasteiger charge is -2.16. The van der Waals surface area contributed by atoms with Crippen LogP contribution >= 0.6 is 0 Å². The number of nitrogens with zero attached hydrogens (tertiary/aromatic N) is 6. The van der Waals surface area contributed by atoms with E-state index in [9.17, 15) is 4.79 Å². The number of benzene rings is 1. The minimum Gasteiger partial charge on any atom is -0.361 e. The third-order valence-corrected chi connectivity index (χ3v) is 8.99. The summed E-state index contributed by atoms with van der Waals surface area (Å²) >= 11 is 0. The van der Waals surface area contributed by atoms with Gasteiger partial charge in [0, 0.05) is 42.5 Å². The molecule has 0 radical (unpaired) electrons. The fourth-order valence-electron chi connectivity index (χ4n) is 3.71. The normalized spacial score (nSPS) is 12.2. The molecule has 0 aliphatic rings. The summed E-state index contributed by atoms with van der Waals surface area (Å²) < 4.78 is 17.1. The van der Waals surface area contributed by atoms with E-state index < -0.39 is 16.9 Å². The number of hydrogen-bond acceptors (Lipinski definition) is 6. The zero-order chi connectivity index (χ0) is 25.7. The average Bonchev–Trinajstić information content (AvgIpc) is 3.48. The number of para-hydroxylation sites is 2. The Labute approximate surface area is 214 Å². The maximum absolute atomic E-state index is 13.6. The summed E-state index contributed by atoms with van der Waals surface area (Å²) in [6.45, 7) is 13.2. The van der Waals surface area contributed by atoms with Crippen LogP contribution in [0.1, 0.15) is 0 Å². The third kappa shape index (κ3) is 6.46. The van der Waals surface area contributed by atoms with Crippen molar-refractivity contribution in [2.75, 3.05) is 13.2 Å². The highest BCUT2D eigenvalue weighted by molar-refractivity contribution is 6.76. The molecule has 0 saturated carbocycles. The first-order chi connectivity index (χ1) is 17.2. The van der Waals surface area contributed by atoms with Gasteiger partial charge in [0.25, 0.3) is 5.56 Å². The van der Waals surface area contributed by atoms with Gasteiger partial charge in [0.2, 0.25) is 0 Å². The summed E-state index contributed by atoms with van der Waals surface area (Å²) in [6, 6.07) is 11.8. The number of ether oxygens (including phenoxy) is 2. The minimum atomic E-state index is -1.25. The molecule has 0 saturated heterocycles. The minimum absolute atomic E-state index is 0.0780. The van der Waals surface area contributed by atoms with Crippen molar-refractivity contribution in [3.8, 4) is 17.2 Å². The molecular weight excluding hydrogens is 488 g/mol. The van der Waals surface area contributed by atoms with Gasteiger partial charge in [0.15, 0.2) is 5.82 Å². The summed E-state index contributed by atoms with van der Waals surface area (Å²) in [4.78, 5) is 22.6. The van der Waals surface area contributed by atoms with E-state index >= 15 is 0 Å². The molecule has 0 atom stereocenters. The molecule has 192 valence electrons. The third-order valence-electron chi connectivity index (χ3n) is 5.90. The quantitative estimate of drug-likeness (QED) is 0.204. The largest absolute Gasteiger partial charge is 0.361 e. The first kappa shape index (κ1) is 26.2. The molecule has 0 bridgehead atoms.